The van der Waals surface area contributed by atoms with Gasteiger partial charge in [-0.2, -0.15) is 5.10 Å². The van der Waals surface area contributed by atoms with Crippen molar-refractivity contribution in [2.45, 2.75) is 25.6 Å². The van der Waals surface area contributed by atoms with Crippen LogP contribution >= 0.6 is 0 Å². The standard InChI is InChI=1S/C21H30N4O2/c1-23(2)16-21(26)20-14-18-15-24(12-5-13-25(18)22-20)11-4-6-17-7-9-19(27-3)10-8-17/h4,6-10,14,21,26H,5,11-13,15-16H2,1-3H3. The molecule has 6 heteroatoms. The summed E-state index contributed by atoms with van der Waals surface area (Å²) in [5.41, 5.74) is 3.12. The molecule has 1 aliphatic rings. The van der Waals surface area contributed by atoms with Crippen molar-refractivity contribution in [1.29, 1.82) is 0 Å². The molecule has 0 bridgehead atoms. The number of aliphatic hydroxyl groups excluding tert-OH is 1. The quantitative estimate of drug-likeness (QED) is 0.811. The summed E-state index contributed by atoms with van der Waals surface area (Å²) in [6.07, 6.45) is 4.88. The van der Waals surface area contributed by atoms with Gasteiger partial charge >= 0.3 is 0 Å². The number of aliphatic hydroxyl groups is 1. The van der Waals surface area contributed by atoms with E-state index in [1.807, 2.05) is 31.1 Å². The topological polar surface area (TPSA) is 53.8 Å². The molecule has 1 aromatic carbocycles. The number of likely N-dealkylation sites (N-methyl/N-ethyl adjacent to an activating group) is 1. The minimum atomic E-state index is -0.539. The highest BCUT2D eigenvalue weighted by Gasteiger charge is 2.19. The zero-order valence-electron chi connectivity index (χ0n) is 16.5. The van der Waals surface area contributed by atoms with Gasteiger partial charge in [-0.3, -0.25) is 9.58 Å². The molecule has 0 saturated heterocycles. The van der Waals surface area contributed by atoms with Gasteiger partial charge in [0.15, 0.2) is 0 Å². The van der Waals surface area contributed by atoms with Gasteiger partial charge in [0.05, 0.1) is 18.5 Å². The van der Waals surface area contributed by atoms with Crippen LogP contribution in [0.1, 0.15) is 29.5 Å². The predicted octanol–water partition coefficient (Wildman–Crippen LogP) is 2.41. The zero-order valence-corrected chi connectivity index (χ0v) is 16.5. The molecule has 1 N–H and O–H groups in total. The summed E-state index contributed by atoms with van der Waals surface area (Å²) >= 11 is 0. The molecule has 1 aliphatic heterocycles. The largest absolute Gasteiger partial charge is 0.497 e. The van der Waals surface area contributed by atoms with Gasteiger partial charge in [0.2, 0.25) is 0 Å². The van der Waals surface area contributed by atoms with Crippen LogP contribution in [0.2, 0.25) is 0 Å². The van der Waals surface area contributed by atoms with Crippen LogP contribution in [0.25, 0.3) is 6.08 Å². The van der Waals surface area contributed by atoms with Crippen molar-refractivity contribution in [3.05, 3.63) is 53.4 Å². The summed E-state index contributed by atoms with van der Waals surface area (Å²) in [6, 6.07) is 10.1. The highest BCUT2D eigenvalue weighted by atomic mass is 16.5. The summed E-state index contributed by atoms with van der Waals surface area (Å²) in [6.45, 7) is 4.29. The van der Waals surface area contributed by atoms with E-state index in [2.05, 4.69) is 45.0 Å². The van der Waals surface area contributed by atoms with Gasteiger partial charge in [0.25, 0.3) is 0 Å². The second-order valence-corrected chi connectivity index (χ2v) is 7.33. The van der Waals surface area contributed by atoms with Crippen molar-refractivity contribution >= 4 is 6.08 Å². The first-order valence-corrected chi connectivity index (χ1v) is 9.47. The number of benzene rings is 1. The second kappa shape index (κ2) is 9.17. The molecule has 146 valence electrons. The van der Waals surface area contributed by atoms with Crippen molar-refractivity contribution in [3.8, 4) is 5.75 Å². The fraction of sp³-hybridized carbons (Fsp3) is 0.476. The van der Waals surface area contributed by atoms with Crippen LogP contribution in [0, 0.1) is 0 Å². The first-order chi connectivity index (χ1) is 13.0. The van der Waals surface area contributed by atoms with Crippen LogP contribution in [0.5, 0.6) is 5.75 Å². The number of aromatic nitrogens is 2. The average Bonchev–Trinajstić information content (AvgIpc) is 2.95. The number of methoxy groups -OCH3 is 1. The third kappa shape index (κ3) is 5.42. The second-order valence-electron chi connectivity index (χ2n) is 7.33. The molecule has 0 amide bonds. The van der Waals surface area contributed by atoms with E-state index in [-0.39, 0.29) is 0 Å². The molecule has 0 spiro atoms. The molecule has 0 radical (unpaired) electrons. The lowest BCUT2D eigenvalue weighted by Gasteiger charge is -2.17. The number of nitrogens with zero attached hydrogens (tertiary/aromatic N) is 4. The number of ether oxygens (including phenoxy) is 1. The lowest BCUT2D eigenvalue weighted by Crippen LogP contribution is -2.23. The molecular formula is C21H30N4O2. The third-order valence-electron chi connectivity index (χ3n) is 4.78. The number of hydrogen-bond donors (Lipinski definition) is 1. The summed E-state index contributed by atoms with van der Waals surface area (Å²) in [4.78, 5) is 4.40. The van der Waals surface area contributed by atoms with Crippen LogP contribution < -0.4 is 4.74 Å². The lowest BCUT2D eigenvalue weighted by atomic mass is 10.2. The summed E-state index contributed by atoms with van der Waals surface area (Å²) in [5.74, 6) is 0.875. The van der Waals surface area contributed by atoms with Crippen molar-refractivity contribution in [1.82, 2.24) is 19.6 Å². The van der Waals surface area contributed by atoms with E-state index in [9.17, 15) is 5.11 Å². The Kier molecular flexibility index (Phi) is 6.66. The predicted molar refractivity (Wildman–Crippen MR) is 108 cm³/mol. The fourth-order valence-corrected chi connectivity index (χ4v) is 3.36. The number of hydrogen-bond acceptors (Lipinski definition) is 5. The van der Waals surface area contributed by atoms with Crippen molar-refractivity contribution < 1.29 is 9.84 Å². The van der Waals surface area contributed by atoms with E-state index in [1.54, 1.807) is 7.11 Å². The van der Waals surface area contributed by atoms with Crippen molar-refractivity contribution in [2.75, 3.05) is 40.8 Å². The summed E-state index contributed by atoms with van der Waals surface area (Å²) in [5, 5.41) is 15.0. The molecule has 27 heavy (non-hydrogen) atoms. The molecule has 1 atom stereocenters. The molecule has 1 unspecified atom stereocenters. The lowest BCUT2D eigenvalue weighted by molar-refractivity contribution is 0.133. The first kappa shape index (κ1) is 19.6. The van der Waals surface area contributed by atoms with Crippen LogP contribution in [-0.2, 0) is 13.1 Å². The van der Waals surface area contributed by atoms with Crippen LogP contribution in [-0.4, -0.2) is 65.5 Å². The van der Waals surface area contributed by atoms with Crippen LogP contribution in [0.4, 0.5) is 0 Å². The number of aryl methyl sites for hydroxylation is 1. The zero-order chi connectivity index (χ0) is 19.2. The third-order valence-corrected chi connectivity index (χ3v) is 4.78. The SMILES string of the molecule is COc1ccc(C=CCN2CCCn3nc(C(O)CN(C)C)cc3C2)cc1. The molecular weight excluding hydrogens is 340 g/mol. The van der Waals surface area contributed by atoms with E-state index in [0.717, 1.165) is 44.0 Å². The minimum absolute atomic E-state index is 0.539. The van der Waals surface area contributed by atoms with E-state index < -0.39 is 6.10 Å². The van der Waals surface area contributed by atoms with E-state index in [4.69, 9.17) is 4.74 Å². The maximum Gasteiger partial charge on any atom is 0.118 e. The fourth-order valence-electron chi connectivity index (χ4n) is 3.36. The Morgan fingerprint density at radius 3 is 2.74 bits per heavy atom. The summed E-state index contributed by atoms with van der Waals surface area (Å²) < 4.78 is 7.25. The molecule has 6 nitrogen and oxygen atoms in total. The minimum Gasteiger partial charge on any atom is -0.497 e. The van der Waals surface area contributed by atoms with E-state index in [0.29, 0.717) is 6.54 Å². The van der Waals surface area contributed by atoms with E-state index >= 15 is 0 Å². The highest BCUT2D eigenvalue weighted by Crippen LogP contribution is 2.19. The van der Waals surface area contributed by atoms with Gasteiger partial charge in [-0.1, -0.05) is 24.3 Å². The normalized spacial score (nSPS) is 16.5. The maximum atomic E-state index is 10.3. The molecule has 0 saturated carbocycles. The van der Waals surface area contributed by atoms with Crippen molar-refractivity contribution in [3.63, 3.8) is 0 Å². The Hall–Kier alpha value is -2.15. The van der Waals surface area contributed by atoms with Gasteiger partial charge in [0, 0.05) is 32.7 Å². The molecule has 2 heterocycles. The van der Waals surface area contributed by atoms with Gasteiger partial charge in [0.1, 0.15) is 11.9 Å². The Morgan fingerprint density at radius 1 is 1.26 bits per heavy atom. The highest BCUT2D eigenvalue weighted by molar-refractivity contribution is 5.50. The van der Waals surface area contributed by atoms with Crippen LogP contribution in [0.3, 0.4) is 0 Å². The Bertz CT molecular complexity index is 752. The van der Waals surface area contributed by atoms with Crippen molar-refractivity contribution in [2.24, 2.45) is 0 Å². The van der Waals surface area contributed by atoms with E-state index in [1.165, 1.54) is 11.3 Å². The van der Waals surface area contributed by atoms with Gasteiger partial charge < -0.3 is 14.7 Å². The molecule has 2 aromatic rings. The number of fused-ring (bicyclic) bond motifs is 1. The van der Waals surface area contributed by atoms with Gasteiger partial charge in [-0.05, 0) is 44.3 Å². The average molecular weight is 370 g/mol. The Morgan fingerprint density at radius 2 is 2.04 bits per heavy atom. The van der Waals surface area contributed by atoms with Crippen LogP contribution in [0.15, 0.2) is 36.4 Å². The molecule has 3 rings (SSSR count). The monoisotopic (exact) mass is 370 g/mol. The Labute approximate surface area is 161 Å². The number of rotatable bonds is 7. The molecule has 0 aliphatic carbocycles. The summed E-state index contributed by atoms with van der Waals surface area (Å²) in [7, 11) is 5.60. The molecule has 0 fully saturated rings. The molecule has 1 aromatic heterocycles. The van der Waals surface area contributed by atoms with Gasteiger partial charge in [-0.15, -0.1) is 0 Å². The maximum absolute atomic E-state index is 10.3. The smallest absolute Gasteiger partial charge is 0.118 e. The first-order valence-electron chi connectivity index (χ1n) is 9.47. The van der Waals surface area contributed by atoms with Gasteiger partial charge in [-0.25, -0.2) is 0 Å². The Balaban J connectivity index is 1.60.